The number of fused-ring (bicyclic) bond motifs is 1. The van der Waals surface area contributed by atoms with Crippen molar-refractivity contribution in [2.45, 2.75) is 71.3 Å². The van der Waals surface area contributed by atoms with E-state index in [-0.39, 0.29) is 5.91 Å². The van der Waals surface area contributed by atoms with Crippen LogP contribution in [0.5, 0.6) is 0 Å². The van der Waals surface area contributed by atoms with E-state index in [2.05, 4.69) is 41.1 Å². The molecule has 0 atom stereocenters. The van der Waals surface area contributed by atoms with Gasteiger partial charge in [-0.25, -0.2) is 4.98 Å². The molecule has 30 heavy (non-hydrogen) atoms. The molecule has 0 spiro atoms. The minimum Gasteiger partial charge on any atom is -0.352 e. The van der Waals surface area contributed by atoms with E-state index in [1.165, 1.54) is 50.5 Å². The summed E-state index contributed by atoms with van der Waals surface area (Å²) in [5.74, 6) is 1.13. The number of carbonyl (C=O) groups excluding carboxylic acids is 1. The fraction of sp³-hybridized carbons (Fsp3) is 0.462. The summed E-state index contributed by atoms with van der Waals surface area (Å²) in [6, 6.07) is 17.8. The lowest BCUT2D eigenvalue weighted by molar-refractivity contribution is 0.0953. The third kappa shape index (κ3) is 6.45. The number of carbonyl (C=O) groups is 1. The van der Waals surface area contributed by atoms with Gasteiger partial charge in [0.2, 0.25) is 0 Å². The molecule has 3 aromatic rings. The van der Waals surface area contributed by atoms with E-state index < -0.39 is 0 Å². The van der Waals surface area contributed by atoms with Crippen molar-refractivity contribution in [3.63, 3.8) is 0 Å². The summed E-state index contributed by atoms with van der Waals surface area (Å²) in [4.78, 5) is 17.1. The van der Waals surface area contributed by atoms with Crippen LogP contribution in [0.2, 0.25) is 0 Å². The Balaban J connectivity index is 1.50. The van der Waals surface area contributed by atoms with Crippen LogP contribution in [0, 0.1) is 0 Å². The molecule has 0 radical (unpaired) electrons. The molecule has 1 amide bonds. The van der Waals surface area contributed by atoms with Crippen LogP contribution in [-0.4, -0.2) is 22.0 Å². The lowest BCUT2D eigenvalue weighted by Crippen LogP contribution is -2.24. The quantitative estimate of drug-likeness (QED) is 0.347. The van der Waals surface area contributed by atoms with Gasteiger partial charge in [0.05, 0.1) is 11.0 Å². The molecule has 0 saturated carbocycles. The third-order valence-corrected chi connectivity index (χ3v) is 5.62. The molecule has 4 nitrogen and oxygen atoms in total. The maximum absolute atomic E-state index is 12.2. The Hall–Kier alpha value is -2.62. The molecule has 0 bridgehead atoms. The number of aromatic nitrogens is 2. The first-order valence-corrected chi connectivity index (χ1v) is 11.6. The van der Waals surface area contributed by atoms with Crippen LogP contribution in [0.4, 0.5) is 0 Å². The summed E-state index contributed by atoms with van der Waals surface area (Å²) in [6.07, 6.45) is 10.9. The van der Waals surface area contributed by atoms with Crippen molar-refractivity contribution in [3.8, 4) is 0 Å². The van der Waals surface area contributed by atoms with E-state index in [4.69, 9.17) is 4.98 Å². The van der Waals surface area contributed by atoms with Crippen LogP contribution in [-0.2, 0) is 13.0 Å². The number of para-hydroxylation sites is 2. The van der Waals surface area contributed by atoms with E-state index in [9.17, 15) is 4.79 Å². The zero-order valence-electron chi connectivity index (χ0n) is 18.3. The average molecular weight is 406 g/mol. The highest BCUT2D eigenvalue weighted by Crippen LogP contribution is 2.19. The highest BCUT2D eigenvalue weighted by Gasteiger charge is 2.10. The van der Waals surface area contributed by atoms with E-state index in [1.54, 1.807) is 0 Å². The van der Waals surface area contributed by atoms with E-state index >= 15 is 0 Å². The zero-order valence-corrected chi connectivity index (χ0v) is 18.3. The summed E-state index contributed by atoms with van der Waals surface area (Å²) in [5, 5.41) is 3.02. The Morgan fingerprint density at radius 3 is 2.37 bits per heavy atom. The second-order valence-corrected chi connectivity index (χ2v) is 8.02. The van der Waals surface area contributed by atoms with Crippen molar-refractivity contribution in [2.75, 3.05) is 6.54 Å². The molecule has 1 heterocycles. The third-order valence-electron chi connectivity index (χ3n) is 5.62. The molecule has 3 rings (SSSR count). The molecule has 1 N–H and O–H groups in total. The molecular formula is C26H35N3O. The van der Waals surface area contributed by atoms with Gasteiger partial charge in [0.1, 0.15) is 5.82 Å². The number of imidazole rings is 1. The molecule has 0 saturated heterocycles. The minimum atomic E-state index is -0.00724. The predicted molar refractivity (Wildman–Crippen MR) is 125 cm³/mol. The number of hydrogen-bond donors (Lipinski definition) is 1. The Bertz CT molecular complexity index is 901. The topological polar surface area (TPSA) is 46.9 Å². The molecule has 0 aliphatic carbocycles. The maximum atomic E-state index is 12.2. The Morgan fingerprint density at radius 2 is 1.57 bits per heavy atom. The molecule has 1 aromatic heterocycles. The summed E-state index contributed by atoms with van der Waals surface area (Å²) < 4.78 is 2.39. The summed E-state index contributed by atoms with van der Waals surface area (Å²) >= 11 is 0. The van der Waals surface area contributed by atoms with Crippen LogP contribution in [0.15, 0.2) is 54.6 Å². The highest BCUT2D eigenvalue weighted by molar-refractivity contribution is 5.94. The fourth-order valence-electron chi connectivity index (χ4n) is 3.93. The van der Waals surface area contributed by atoms with Gasteiger partial charge >= 0.3 is 0 Å². The van der Waals surface area contributed by atoms with Gasteiger partial charge in [-0.3, -0.25) is 4.79 Å². The second kappa shape index (κ2) is 12.2. The Morgan fingerprint density at radius 1 is 0.867 bits per heavy atom. The van der Waals surface area contributed by atoms with Gasteiger partial charge in [-0.05, 0) is 37.1 Å². The number of amides is 1. The Kier molecular flexibility index (Phi) is 8.95. The highest BCUT2D eigenvalue weighted by atomic mass is 16.1. The molecule has 0 aliphatic rings. The van der Waals surface area contributed by atoms with Crippen molar-refractivity contribution >= 4 is 16.9 Å². The molecule has 0 fully saturated rings. The van der Waals surface area contributed by atoms with E-state index in [1.807, 2.05) is 30.3 Å². The van der Waals surface area contributed by atoms with E-state index in [0.717, 1.165) is 30.7 Å². The van der Waals surface area contributed by atoms with Crippen LogP contribution in [0.1, 0.15) is 74.5 Å². The van der Waals surface area contributed by atoms with Gasteiger partial charge in [-0.1, -0.05) is 75.8 Å². The largest absolute Gasteiger partial charge is 0.352 e. The van der Waals surface area contributed by atoms with Gasteiger partial charge in [-0.2, -0.15) is 0 Å². The van der Waals surface area contributed by atoms with Crippen LogP contribution in [0.25, 0.3) is 11.0 Å². The number of nitrogens with zero attached hydrogens (tertiary/aromatic N) is 2. The standard InChI is InChI=1S/C26H35N3O/c1-2-3-4-5-6-7-13-21-29-24-18-12-11-17-23(24)28-25(29)19-14-20-27-26(30)22-15-9-8-10-16-22/h8-12,15-18H,2-7,13-14,19-21H2,1H3,(H,27,30). The SMILES string of the molecule is CCCCCCCCCn1c(CCCNC(=O)c2ccccc2)nc2ccccc21. The van der Waals surface area contributed by atoms with Crippen LogP contribution < -0.4 is 5.32 Å². The van der Waals surface area contributed by atoms with Crippen molar-refractivity contribution in [1.29, 1.82) is 0 Å². The van der Waals surface area contributed by atoms with Gasteiger partial charge in [0, 0.05) is 25.1 Å². The number of rotatable bonds is 13. The van der Waals surface area contributed by atoms with Gasteiger partial charge < -0.3 is 9.88 Å². The summed E-state index contributed by atoms with van der Waals surface area (Å²) in [5.41, 5.74) is 3.01. The molecule has 160 valence electrons. The number of benzene rings is 2. The molecule has 2 aromatic carbocycles. The van der Waals surface area contributed by atoms with Crippen molar-refractivity contribution in [3.05, 3.63) is 66.0 Å². The molecular weight excluding hydrogens is 370 g/mol. The second-order valence-electron chi connectivity index (χ2n) is 8.02. The molecule has 0 unspecified atom stereocenters. The van der Waals surface area contributed by atoms with Crippen molar-refractivity contribution in [2.24, 2.45) is 0 Å². The smallest absolute Gasteiger partial charge is 0.251 e. The average Bonchev–Trinajstić information content (AvgIpc) is 3.14. The zero-order chi connectivity index (χ0) is 21.0. The van der Waals surface area contributed by atoms with E-state index in [0.29, 0.717) is 12.1 Å². The number of nitrogens with one attached hydrogen (secondary N) is 1. The number of hydrogen-bond acceptors (Lipinski definition) is 2. The van der Waals surface area contributed by atoms with Crippen LogP contribution in [0.3, 0.4) is 0 Å². The predicted octanol–water partition coefficient (Wildman–Crippen LogP) is 6.15. The first-order valence-electron chi connectivity index (χ1n) is 11.6. The van der Waals surface area contributed by atoms with Gasteiger partial charge in [0.15, 0.2) is 0 Å². The lowest BCUT2D eigenvalue weighted by atomic mass is 10.1. The first kappa shape index (κ1) is 22.1. The number of unbranched alkanes of at least 4 members (excludes halogenated alkanes) is 6. The Labute approximate surface area is 180 Å². The van der Waals surface area contributed by atoms with Gasteiger partial charge in [0.25, 0.3) is 5.91 Å². The normalized spacial score (nSPS) is 11.1. The van der Waals surface area contributed by atoms with Gasteiger partial charge in [-0.15, -0.1) is 0 Å². The van der Waals surface area contributed by atoms with Crippen molar-refractivity contribution in [1.82, 2.24) is 14.9 Å². The lowest BCUT2D eigenvalue weighted by Gasteiger charge is -2.10. The van der Waals surface area contributed by atoms with Crippen molar-refractivity contribution < 1.29 is 4.79 Å². The molecule has 0 aliphatic heterocycles. The maximum Gasteiger partial charge on any atom is 0.251 e. The summed E-state index contributed by atoms with van der Waals surface area (Å²) in [7, 11) is 0. The monoisotopic (exact) mass is 405 g/mol. The first-order chi connectivity index (χ1) is 14.8. The molecule has 4 heteroatoms. The fourth-order valence-corrected chi connectivity index (χ4v) is 3.93. The minimum absolute atomic E-state index is 0.00724. The summed E-state index contributed by atoms with van der Waals surface area (Å²) in [6.45, 7) is 3.95. The number of aryl methyl sites for hydroxylation is 2. The van der Waals surface area contributed by atoms with Crippen LogP contribution >= 0.6 is 0 Å².